The summed E-state index contributed by atoms with van der Waals surface area (Å²) in [6.07, 6.45) is 2.26. The number of rotatable bonds is 15. The number of alkyl carbamates (subject to hydrolysis) is 1. The molecule has 0 fully saturated rings. The molecule has 43 heavy (non-hydrogen) atoms. The van der Waals surface area contributed by atoms with Crippen LogP contribution in [-0.2, 0) is 37.8 Å². The second kappa shape index (κ2) is 16.9. The van der Waals surface area contributed by atoms with E-state index >= 15 is 0 Å². The van der Waals surface area contributed by atoms with Gasteiger partial charge in [0.2, 0.25) is 0 Å². The minimum atomic E-state index is -3.98. The Morgan fingerprint density at radius 2 is 1.60 bits per heavy atom. The van der Waals surface area contributed by atoms with Crippen molar-refractivity contribution in [1.29, 1.82) is 0 Å². The SMILES string of the molecule is COc1ccc(CSC(CCc2ccc(Br)cc2)C(C=CS(=O)(=O)OCC(C)(C)C)NC(=O)OCc2ccccc2)cc1. The van der Waals surface area contributed by atoms with Crippen molar-refractivity contribution >= 4 is 43.9 Å². The first-order valence-corrected chi connectivity index (χ1v) is 17.3. The van der Waals surface area contributed by atoms with Gasteiger partial charge in [0, 0.05) is 15.5 Å². The van der Waals surface area contributed by atoms with Crippen molar-refractivity contribution < 1.29 is 26.9 Å². The van der Waals surface area contributed by atoms with Crippen LogP contribution in [0.3, 0.4) is 0 Å². The molecule has 0 aliphatic rings. The molecule has 232 valence electrons. The molecule has 0 radical (unpaired) electrons. The average molecular weight is 691 g/mol. The van der Waals surface area contributed by atoms with Crippen molar-refractivity contribution in [2.24, 2.45) is 5.41 Å². The number of carbonyl (C=O) groups excluding carboxylic acids is 1. The number of methoxy groups -OCH3 is 1. The van der Waals surface area contributed by atoms with Crippen LogP contribution >= 0.6 is 27.7 Å². The van der Waals surface area contributed by atoms with Gasteiger partial charge in [-0.15, -0.1) is 0 Å². The third-order valence-corrected chi connectivity index (χ3v) is 9.18. The lowest BCUT2D eigenvalue weighted by Gasteiger charge is -2.26. The number of amides is 1. The minimum absolute atomic E-state index is 0.0378. The van der Waals surface area contributed by atoms with E-state index in [1.165, 1.54) is 6.08 Å². The molecule has 0 aliphatic heterocycles. The van der Waals surface area contributed by atoms with E-state index in [4.69, 9.17) is 13.7 Å². The van der Waals surface area contributed by atoms with Crippen molar-refractivity contribution in [3.05, 3.63) is 112 Å². The lowest BCUT2D eigenvalue weighted by Crippen LogP contribution is -2.41. The maximum absolute atomic E-state index is 13.0. The van der Waals surface area contributed by atoms with E-state index < -0.39 is 22.3 Å². The molecule has 0 aromatic heterocycles. The number of hydrogen-bond acceptors (Lipinski definition) is 7. The maximum Gasteiger partial charge on any atom is 0.407 e. The quantitative estimate of drug-likeness (QED) is 0.162. The lowest BCUT2D eigenvalue weighted by atomic mass is 9.99. The maximum atomic E-state index is 13.0. The summed E-state index contributed by atoms with van der Waals surface area (Å²) in [6.45, 7) is 5.82. The van der Waals surface area contributed by atoms with Crippen LogP contribution in [0, 0.1) is 5.41 Å². The third-order valence-electron chi connectivity index (χ3n) is 6.26. The third kappa shape index (κ3) is 13.6. The fraction of sp³-hybridized carbons (Fsp3) is 0.364. The molecule has 0 saturated carbocycles. The topological polar surface area (TPSA) is 90.9 Å². The van der Waals surface area contributed by atoms with E-state index in [0.29, 0.717) is 12.2 Å². The molecular formula is C33H40BrNO6S2. The second-order valence-electron chi connectivity index (χ2n) is 11.2. The molecule has 1 amide bonds. The number of nitrogens with one attached hydrogen (secondary N) is 1. The first-order chi connectivity index (χ1) is 20.4. The van der Waals surface area contributed by atoms with Gasteiger partial charge >= 0.3 is 6.09 Å². The Morgan fingerprint density at radius 1 is 0.953 bits per heavy atom. The molecule has 3 aromatic carbocycles. The molecule has 0 bridgehead atoms. The van der Waals surface area contributed by atoms with Crippen LogP contribution in [-0.4, -0.2) is 39.5 Å². The molecule has 0 saturated heterocycles. The Balaban J connectivity index is 1.84. The molecule has 2 atom stereocenters. The van der Waals surface area contributed by atoms with Gasteiger partial charge in [0.15, 0.2) is 0 Å². The lowest BCUT2D eigenvalue weighted by molar-refractivity contribution is 0.137. The van der Waals surface area contributed by atoms with E-state index in [1.807, 2.05) is 99.6 Å². The fourth-order valence-electron chi connectivity index (χ4n) is 3.90. The average Bonchev–Trinajstić information content (AvgIpc) is 2.99. The Morgan fingerprint density at radius 3 is 2.23 bits per heavy atom. The van der Waals surface area contributed by atoms with Gasteiger partial charge in [0.05, 0.1) is 25.2 Å². The van der Waals surface area contributed by atoms with Crippen molar-refractivity contribution in [3.63, 3.8) is 0 Å². The zero-order chi connectivity index (χ0) is 31.3. The number of benzene rings is 3. The van der Waals surface area contributed by atoms with E-state index in [-0.39, 0.29) is 23.9 Å². The van der Waals surface area contributed by atoms with Gasteiger partial charge in [-0.05, 0) is 65.3 Å². The number of hydrogen-bond donors (Lipinski definition) is 1. The summed E-state index contributed by atoms with van der Waals surface area (Å²) in [5, 5.41) is 3.77. The second-order valence-corrected chi connectivity index (χ2v) is 14.9. The number of ether oxygens (including phenoxy) is 2. The highest BCUT2D eigenvalue weighted by atomic mass is 79.9. The smallest absolute Gasteiger partial charge is 0.407 e. The molecule has 0 aliphatic carbocycles. The predicted molar refractivity (Wildman–Crippen MR) is 178 cm³/mol. The number of halogens is 1. The van der Waals surface area contributed by atoms with E-state index in [0.717, 1.165) is 38.7 Å². The Kier molecular flexibility index (Phi) is 13.6. The summed E-state index contributed by atoms with van der Waals surface area (Å²) in [7, 11) is -2.36. The van der Waals surface area contributed by atoms with Crippen LogP contribution in [0.4, 0.5) is 4.79 Å². The number of aryl methyl sites for hydroxylation is 1. The van der Waals surface area contributed by atoms with Gasteiger partial charge in [-0.25, -0.2) is 4.79 Å². The Labute approximate surface area is 268 Å². The summed E-state index contributed by atoms with van der Waals surface area (Å²) in [5.41, 5.74) is 2.73. The fourth-order valence-corrected chi connectivity index (χ4v) is 6.37. The molecule has 1 N–H and O–H groups in total. The normalized spacial score (nSPS) is 13.4. The van der Waals surface area contributed by atoms with Crippen molar-refractivity contribution in [1.82, 2.24) is 5.32 Å². The van der Waals surface area contributed by atoms with Gasteiger partial charge in [-0.3, -0.25) is 4.18 Å². The summed E-state index contributed by atoms with van der Waals surface area (Å²) in [4.78, 5) is 13.0. The van der Waals surface area contributed by atoms with Crippen LogP contribution in [0.5, 0.6) is 5.75 Å². The van der Waals surface area contributed by atoms with E-state index in [9.17, 15) is 13.2 Å². The minimum Gasteiger partial charge on any atom is -0.497 e. The zero-order valence-corrected chi connectivity index (χ0v) is 28.2. The van der Waals surface area contributed by atoms with Gasteiger partial charge in [-0.2, -0.15) is 20.2 Å². The van der Waals surface area contributed by atoms with Crippen molar-refractivity contribution in [2.45, 2.75) is 57.3 Å². The Hall–Kier alpha value is -2.79. The van der Waals surface area contributed by atoms with Crippen LogP contribution in [0.1, 0.15) is 43.9 Å². The molecule has 0 spiro atoms. The largest absolute Gasteiger partial charge is 0.497 e. The van der Waals surface area contributed by atoms with Crippen LogP contribution in [0.2, 0.25) is 0 Å². The predicted octanol–water partition coefficient (Wildman–Crippen LogP) is 7.89. The molecule has 3 aromatic rings. The number of thioether (sulfide) groups is 1. The monoisotopic (exact) mass is 689 g/mol. The van der Waals surface area contributed by atoms with E-state index in [2.05, 4.69) is 21.2 Å². The zero-order valence-electron chi connectivity index (χ0n) is 25.0. The molecule has 2 unspecified atom stereocenters. The highest BCUT2D eigenvalue weighted by Gasteiger charge is 2.24. The van der Waals surface area contributed by atoms with Gasteiger partial charge in [-0.1, -0.05) is 91.3 Å². The number of carbonyl (C=O) groups is 1. The molecule has 3 rings (SSSR count). The van der Waals surface area contributed by atoms with Gasteiger partial charge < -0.3 is 14.8 Å². The Bertz CT molecular complexity index is 1410. The highest BCUT2D eigenvalue weighted by molar-refractivity contribution is 9.10. The first-order valence-electron chi connectivity index (χ1n) is 14.0. The molecule has 10 heteroatoms. The van der Waals surface area contributed by atoms with Crippen LogP contribution in [0.15, 0.2) is 94.8 Å². The summed E-state index contributed by atoms with van der Waals surface area (Å²) in [6, 6.07) is 24.6. The summed E-state index contributed by atoms with van der Waals surface area (Å²) in [5.74, 6) is 1.41. The van der Waals surface area contributed by atoms with Crippen molar-refractivity contribution in [2.75, 3.05) is 13.7 Å². The van der Waals surface area contributed by atoms with E-state index in [1.54, 1.807) is 18.9 Å². The van der Waals surface area contributed by atoms with Crippen LogP contribution < -0.4 is 10.1 Å². The van der Waals surface area contributed by atoms with Crippen molar-refractivity contribution in [3.8, 4) is 5.75 Å². The van der Waals surface area contributed by atoms with Gasteiger partial charge in [0.1, 0.15) is 12.4 Å². The molecular weight excluding hydrogens is 650 g/mol. The first kappa shape index (κ1) is 34.7. The highest BCUT2D eigenvalue weighted by Crippen LogP contribution is 2.27. The molecule has 0 heterocycles. The van der Waals surface area contributed by atoms with Gasteiger partial charge in [0.25, 0.3) is 10.1 Å². The molecule has 7 nitrogen and oxygen atoms in total. The summed E-state index contributed by atoms with van der Waals surface area (Å²) < 4.78 is 42.6. The summed E-state index contributed by atoms with van der Waals surface area (Å²) >= 11 is 5.12. The standard InChI is InChI=1S/C33H40BrNO6S2/c1-33(2,3)24-41-43(37,38)21-20-30(35-32(36)40-22-26-8-6-5-7-9-26)31(19-14-25-10-15-28(34)16-11-25)42-23-27-12-17-29(39-4)18-13-27/h5-13,15-18,20-21,30-31H,14,19,22-24H2,1-4H3,(H,35,36). The van der Waals surface area contributed by atoms with Crippen LogP contribution in [0.25, 0.3) is 0 Å².